The number of aliphatic imine (C=N–C) groups is 1. The molecule has 1 aliphatic rings. The van der Waals surface area contributed by atoms with Crippen molar-refractivity contribution in [2.45, 2.75) is 87.6 Å². The summed E-state index contributed by atoms with van der Waals surface area (Å²) in [4.78, 5) is 6.49. The first kappa shape index (κ1) is 35.4. The first-order chi connectivity index (χ1) is 18.1. The first-order valence-corrected chi connectivity index (χ1v) is 14.4. The summed E-state index contributed by atoms with van der Waals surface area (Å²) in [5.74, 6) is 1.81. The molecule has 3 rings (SSSR count). The number of nitrogens with one attached hydrogen (secondary N) is 1. The Morgan fingerprint density at radius 1 is 1.03 bits per heavy atom. The standard InChI is InChI=1S/C13H17N.C10H14.C7H14N2.C5H12/c1-2-12-5-7-13(8-6-12)11-14-9-3-4-10-14;1-4-10-7-8(2)5-6-9(10)3;1-6(2)5-7(8-3)9-4;1-4-5(2)3/h2,5-8H,1,3-4,9-11H2;5-7H,4H2,1-3H3;5H,1-4H3,(H,8,9);5H,4H2,1-3H3. The second-order valence-corrected chi connectivity index (χ2v) is 10.6. The van der Waals surface area contributed by atoms with Crippen molar-refractivity contribution in [2.24, 2.45) is 10.9 Å². The summed E-state index contributed by atoms with van der Waals surface area (Å²) < 4.78 is 0. The van der Waals surface area contributed by atoms with Gasteiger partial charge in [0, 0.05) is 20.6 Å². The summed E-state index contributed by atoms with van der Waals surface area (Å²) in [5.41, 5.74) is 8.12. The fourth-order valence-electron chi connectivity index (χ4n) is 3.66. The van der Waals surface area contributed by atoms with Gasteiger partial charge in [0.2, 0.25) is 0 Å². The lowest BCUT2D eigenvalue weighted by molar-refractivity contribution is 0.331. The van der Waals surface area contributed by atoms with E-state index in [1.165, 1.54) is 65.7 Å². The number of allylic oxidation sites excluding steroid dienone is 1. The van der Waals surface area contributed by atoms with Crippen LogP contribution < -0.4 is 5.32 Å². The van der Waals surface area contributed by atoms with Crippen molar-refractivity contribution in [2.75, 3.05) is 27.2 Å². The fourth-order valence-corrected chi connectivity index (χ4v) is 3.66. The van der Waals surface area contributed by atoms with Gasteiger partial charge in [-0.15, -0.1) is 0 Å². The lowest BCUT2D eigenvalue weighted by Gasteiger charge is -2.14. The van der Waals surface area contributed by atoms with Gasteiger partial charge >= 0.3 is 0 Å². The zero-order valence-electron chi connectivity index (χ0n) is 26.3. The van der Waals surface area contributed by atoms with Gasteiger partial charge in [0.25, 0.3) is 0 Å². The number of likely N-dealkylation sites (N-methyl/N-ethyl adjacent to an activating group) is 1. The Labute approximate surface area is 236 Å². The normalized spacial score (nSPS) is 12.8. The number of aryl methyl sites for hydroxylation is 3. The van der Waals surface area contributed by atoms with Gasteiger partial charge in [0.15, 0.2) is 0 Å². The zero-order valence-corrected chi connectivity index (χ0v) is 26.3. The van der Waals surface area contributed by atoms with Crippen LogP contribution in [0.25, 0.3) is 6.08 Å². The maximum atomic E-state index is 3.98. The van der Waals surface area contributed by atoms with E-state index in [9.17, 15) is 0 Å². The van der Waals surface area contributed by atoms with Crippen LogP contribution >= 0.6 is 0 Å². The summed E-state index contributed by atoms with van der Waals surface area (Å²) in [6.45, 7) is 24.6. The van der Waals surface area contributed by atoms with Crippen molar-refractivity contribution in [3.05, 3.63) is 88.5 Å². The van der Waals surface area contributed by atoms with Gasteiger partial charge < -0.3 is 5.32 Å². The van der Waals surface area contributed by atoms with Crippen molar-refractivity contribution in [1.82, 2.24) is 10.2 Å². The van der Waals surface area contributed by atoms with Crippen LogP contribution in [0.3, 0.4) is 0 Å². The fraction of sp³-hybridized carbons (Fsp3) is 0.514. The van der Waals surface area contributed by atoms with Crippen molar-refractivity contribution in [3.8, 4) is 0 Å². The number of likely N-dealkylation sites (tertiary alicyclic amines) is 1. The molecule has 0 unspecified atom stereocenters. The molecule has 2 aromatic carbocycles. The average molecular weight is 520 g/mol. The molecule has 0 aromatic heterocycles. The van der Waals surface area contributed by atoms with E-state index >= 15 is 0 Å². The largest absolute Gasteiger partial charge is 0.373 e. The third kappa shape index (κ3) is 17.0. The van der Waals surface area contributed by atoms with Gasteiger partial charge in [-0.05, 0) is 94.3 Å². The minimum atomic E-state index is 0.884. The number of nitrogens with zero attached hydrogens (tertiary/aromatic N) is 2. The smallest absolute Gasteiger partial charge is 0.120 e. The summed E-state index contributed by atoms with van der Waals surface area (Å²) in [5, 5.41) is 2.96. The molecule has 1 heterocycles. The number of rotatable bonds is 6. The zero-order chi connectivity index (χ0) is 28.9. The average Bonchev–Trinajstić information content (AvgIpc) is 3.43. The second kappa shape index (κ2) is 21.3. The van der Waals surface area contributed by atoms with Gasteiger partial charge in [-0.3, -0.25) is 9.89 Å². The molecule has 212 valence electrons. The van der Waals surface area contributed by atoms with E-state index in [0.29, 0.717) is 0 Å². The Balaban J connectivity index is 0.000000510. The van der Waals surface area contributed by atoms with Crippen LogP contribution in [-0.4, -0.2) is 37.9 Å². The Bertz CT molecular complexity index is 942. The molecule has 1 aliphatic heterocycles. The lowest BCUT2D eigenvalue weighted by atomic mass is 10.0. The summed E-state index contributed by atoms with van der Waals surface area (Å²) in [7, 11) is 3.63. The molecule has 0 spiro atoms. The molecule has 1 N–H and O–H groups in total. The molecular weight excluding hydrogens is 462 g/mol. The molecule has 1 saturated heterocycles. The number of benzene rings is 2. The van der Waals surface area contributed by atoms with Crippen LogP contribution in [0.5, 0.6) is 0 Å². The lowest BCUT2D eigenvalue weighted by Crippen LogP contribution is -2.18. The molecule has 0 saturated carbocycles. The first-order valence-electron chi connectivity index (χ1n) is 14.4. The van der Waals surface area contributed by atoms with Crippen molar-refractivity contribution in [3.63, 3.8) is 0 Å². The molecule has 3 nitrogen and oxygen atoms in total. The highest BCUT2D eigenvalue weighted by molar-refractivity contribution is 5.93. The monoisotopic (exact) mass is 519 g/mol. The number of hydrogen-bond donors (Lipinski definition) is 1. The van der Waals surface area contributed by atoms with Gasteiger partial charge in [0.05, 0.1) is 0 Å². The molecule has 0 amide bonds. The minimum absolute atomic E-state index is 0.884. The summed E-state index contributed by atoms with van der Waals surface area (Å²) in [6.07, 6.45) is 9.07. The topological polar surface area (TPSA) is 27.6 Å². The van der Waals surface area contributed by atoms with E-state index in [2.05, 4.69) is 106 Å². The van der Waals surface area contributed by atoms with E-state index in [4.69, 9.17) is 0 Å². The highest BCUT2D eigenvalue weighted by atomic mass is 15.1. The van der Waals surface area contributed by atoms with E-state index in [-0.39, 0.29) is 0 Å². The van der Waals surface area contributed by atoms with E-state index in [1.807, 2.05) is 33.0 Å². The highest BCUT2D eigenvalue weighted by Gasteiger charge is 2.11. The predicted octanol–water partition coefficient (Wildman–Crippen LogP) is 9.04. The second-order valence-electron chi connectivity index (χ2n) is 10.6. The molecule has 3 heteroatoms. The summed E-state index contributed by atoms with van der Waals surface area (Å²) in [6, 6.07) is 15.3. The Morgan fingerprint density at radius 3 is 1.97 bits per heavy atom. The SMILES string of the molecule is C=Cc1ccc(CN2CCCC2)cc1.CCC(C)C.CCc1cc(C)ccc1C.CN=C(C=C(C)C)NC. The molecule has 2 aromatic rings. The number of amidine groups is 1. The van der Waals surface area contributed by atoms with Crippen molar-refractivity contribution < 1.29 is 0 Å². The van der Waals surface area contributed by atoms with Crippen LogP contribution in [0, 0.1) is 19.8 Å². The maximum absolute atomic E-state index is 3.98. The third-order valence-corrected chi connectivity index (χ3v) is 6.44. The van der Waals surface area contributed by atoms with Crippen LogP contribution in [0.15, 0.2) is 65.7 Å². The van der Waals surface area contributed by atoms with Gasteiger partial charge in [-0.25, -0.2) is 0 Å². The van der Waals surface area contributed by atoms with Crippen molar-refractivity contribution in [1.29, 1.82) is 0 Å². The summed E-state index contributed by atoms with van der Waals surface area (Å²) >= 11 is 0. The van der Waals surface area contributed by atoms with Gasteiger partial charge in [0.1, 0.15) is 5.84 Å². The quantitative estimate of drug-likeness (QED) is 0.304. The van der Waals surface area contributed by atoms with Crippen LogP contribution in [-0.2, 0) is 13.0 Å². The molecule has 0 bridgehead atoms. The molecule has 1 fully saturated rings. The van der Waals surface area contributed by atoms with E-state index in [1.54, 1.807) is 7.05 Å². The molecular formula is C35H57N3. The van der Waals surface area contributed by atoms with Gasteiger partial charge in [-0.1, -0.05) is 100 Å². The van der Waals surface area contributed by atoms with E-state index < -0.39 is 0 Å². The van der Waals surface area contributed by atoms with Gasteiger partial charge in [-0.2, -0.15) is 0 Å². The third-order valence-electron chi connectivity index (χ3n) is 6.44. The molecule has 38 heavy (non-hydrogen) atoms. The minimum Gasteiger partial charge on any atom is -0.373 e. The number of hydrogen-bond acceptors (Lipinski definition) is 2. The molecule has 0 radical (unpaired) electrons. The molecule has 0 aliphatic carbocycles. The predicted molar refractivity (Wildman–Crippen MR) is 173 cm³/mol. The molecule has 0 atom stereocenters. The van der Waals surface area contributed by atoms with E-state index in [0.717, 1.165) is 24.7 Å². The van der Waals surface area contributed by atoms with Crippen LogP contribution in [0.1, 0.15) is 88.6 Å². The Morgan fingerprint density at radius 2 is 1.61 bits per heavy atom. The van der Waals surface area contributed by atoms with Crippen LogP contribution in [0.4, 0.5) is 0 Å². The highest BCUT2D eigenvalue weighted by Crippen LogP contribution is 2.13. The van der Waals surface area contributed by atoms with Crippen LogP contribution in [0.2, 0.25) is 0 Å². The Hall–Kier alpha value is -2.65. The van der Waals surface area contributed by atoms with Crippen molar-refractivity contribution >= 4 is 11.9 Å². The Kier molecular flexibility index (Phi) is 19.8. The maximum Gasteiger partial charge on any atom is 0.120 e.